The van der Waals surface area contributed by atoms with E-state index in [9.17, 15) is 14.4 Å². The Hall–Kier alpha value is -3.34. The summed E-state index contributed by atoms with van der Waals surface area (Å²) in [6, 6.07) is 12.5. The average molecular weight is 586 g/mol. The maximum Gasteiger partial charge on any atom is 0.318 e. The molecule has 41 heavy (non-hydrogen) atoms. The van der Waals surface area contributed by atoms with E-state index in [4.69, 9.17) is 21.1 Å². The number of nitrogens with zero attached hydrogens (tertiary/aromatic N) is 4. The molecule has 0 radical (unpaired) electrons. The number of benzene rings is 2. The van der Waals surface area contributed by atoms with Crippen LogP contribution in [0.3, 0.4) is 0 Å². The first kappa shape index (κ1) is 30.6. The van der Waals surface area contributed by atoms with Gasteiger partial charge in [-0.05, 0) is 49.6 Å². The van der Waals surface area contributed by atoms with E-state index in [0.29, 0.717) is 43.4 Å². The lowest BCUT2D eigenvalue weighted by atomic mass is 10.1. The molecule has 4 rings (SSSR count). The van der Waals surface area contributed by atoms with Crippen LogP contribution in [0, 0.1) is 0 Å². The van der Waals surface area contributed by atoms with Crippen molar-refractivity contribution in [2.24, 2.45) is 0 Å². The highest BCUT2D eigenvalue weighted by Crippen LogP contribution is 2.32. The molecular formula is C30H40ClN5O5. The number of hydrogen-bond acceptors (Lipinski definition) is 6. The van der Waals surface area contributed by atoms with E-state index >= 15 is 0 Å². The summed E-state index contributed by atoms with van der Waals surface area (Å²) in [5, 5.41) is 3.19. The second-order valence-corrected chi connectivity index (χ2v) is 10.8. The summed E-state index contributed by atoms with van der Waals surface area (Å²) in [7, 11) is 3.15. The van der Waals surface area contributed by atoms with Gasteiger partial charge in [0.1, 0.15) is 0 Å². The van der Waals surface area contributed by atoms with E-state index in [1.165, 1.54) is 0 Å². The number of amides is 4. The second kappa shape index (κ2) is 14.5. The molecule has 0 aliphatic carbocycles. The number of hydrogen-bond donors (Lipinski definition) is 1. The summed E-state index contributed by atoms with van der Waals surface area (Å²) in [5.74, 6) is -0.439. The molecule has 11 heteroatoms. The number of anilines is 2. The molecule has 0 bridgehead atoms. The maximum atomic E-state index is 13.9. The van der Waals surface area contributed by atoms with E-state index in [2.05, 4.69) is 10.2 Å². The zero-order valence-corrected chi connectivity index (χ0v) is 24.9. The summed E-state index contributed by atoms with van der Waals surface area (Å²) in [6.07, 6.45) is 2.30. The van der Waals surface area contributed by atoms with Gasteiger partial charge in [-0.1, -0.05) is 29.8 Å². The molecule has 0 unspecified atom stereocenters. The van der Waals surface area contributed by atoms with Crippen LogP contribution in [0.4, 0.5) is 16.2 Å². The lowest BCUT2D eigenvalue weighted by Gasteiger charge is -2.30. The van der Waals surface area contributed by atoms with Gasteiger partial charge < -0.3 is 34.4 Å². The summed E-state index contributed by atoms with van der Waals surface area (Å²) in [5.41, 5.74) is 3.01. The predicted molar refractivity (Wildman–Crippen MR) is 160 cm³/mol. The van der Waals surface area contributed by atoms with Crippen LogP contribution in [0.15, 0.2) is 42.5 Å². The summed E-state index contributed by atoms with van der Waals surface area (Å²) >= 11 is 6.66. The Balaban J connectivity index is 1.48. The predicted octanol–water partition coefficient (Wildman–Crippen LogP) is 3.62. The standard InChI is InChI=1S/C30H40ClN5O5/c1-22-20-36(29(38)25-11-10-24(18-26(25)31)33-12-6-7-13-33)27-9-5-4-8-23(27)21-35(22)30(39)32-19-28(37)34(14-16-40-2)15-17-41-3/h4-5,8-11,18,22H,6-7,12-17,19-21H2,1-3H3,(H,32,39)/t22-/m1/s1. The zero-order valence-electron chi connectivity index (χ0n) is 24.1. The molecule has 1 fully saturated rings. The van der Waals surface area contributed by atoms with Crippen LogP contribution in [-0.4, -0.2) is 100 Å². The molecule has 2 aliphatic heterocycles. The second-order valence-electron chi connectivity index (χ2n) is 10.4. The number of fused-ring (bicyclic) bond motifs is 1. The quantitative estimate of drug-likeness (QED) is 0.458. The maximum absolute atomic E-state index is 13.9. The number of nitrogens with one attached hydrogen (secondary N) is 1. The number of urea groups is 1. The molecule has 1 saturated heterocycles. The molecule has 2 aliphatic rings. The van der Waals surface area contributed by atoms with Crippen LogP contribution in [0.25, 0.3) is 0 Å². The van der Waals surface area contributed by atoms with Gasteiger partial charge in [-0.3, -0.25) is 9.59 Å². The van der Waals surface area contributed by atoms with Gasteiger partial charge in [0.25, 0.3) is 5.91 Å². The smallest absolute Gasteiger partial charge is 0.318 e. The van der Waals surface area contributed by atoms with Gasteiger partial charge in [0.2, 0.25) is 5.91 Å². The van der Waals surface area contributed by atoms with Gasteiger partial charge >= 0.3 is 6.03 Å². The fraction of sp³-hybridized carbons (Fsp3) is 0.500. The molecule has 0 aromatic heterocycles. The lowest BCUT2D eigenvalue weighted by Crippen LogP contribution is -2.50. The van der Waals surface area contributed by atoms with Crippen LogP contribution >= 0.6 is 11.6 Å². The van der Waals surface area contributed by atoms with E-state index in [0.717, 1.165) is 42.9 Å². The topological polar surface area (TPSA) is 94.7 Å². The monoisotopic (exact) mass is 585 g/mol. The third-order valence-corrected chi connectivity index (χ3v) is 7.95. The van der Waals surface area contributed by atoms with Gasteiger partial charge in [-0.15, -0.1) is 0 Å². The normalized spacial score (nSPS) is 16.8. The van der Waals surface area contributed by atoms with Gasteiger partial charge in [0.15, 0.2) is 0 Å². The van der Waals surface area contributed by atoms with Crippen molar-refractivity contribution >= 4 is 40.8 Å². The average Bonchev–Trinajstić information content (AvgIpc) is 3.47. The van der Waals surface area contributed by atoms with Gasteiger partial charge in [-0.25, -0.2) is 4.79 Å². The van der Waals surface area contributed by atoms with Crippen molar-refractivity contribution in [3.63, 3.8) is 0 Å². The molecule has 10 nitrogen and oxygen atoms in total. The van der Waals surface area contributed by atoms with Crippen LogP contribution in [0.5, 0.6) is 0 Å². The van der Waals surface area contributed by atoms with Crippen molar-refractivity contribution in [3.8, 4) is 0 Å². The number of rotatable bonds is 10. The molecular weight excluding hydrogens is 546 g/mol. The van der Waals surface area contributed by atoms with Crippen molar-refractivity contribution in [1.82, 2.24) is 15.1 Å². The Kier molecular flexibility index (Phi) is 10.8. The zero-order chi connectivity index (χ0) is 29.4. The minimum Gasteiger partial charge on any atom is -0.383 e. The summed E-state index contributed by atoms with van der Waals surface area (Å²) in [4.78, 5) is 47.3. The minimum absolute atomic E-state index is 0.154. The summed E-state index contributed by atoms with van der Waals surface area (Å²) < 4.78 is 10.2. The van der Waals surface area contributed by atoms with E-state index in [1.807, 2.05) is 43.3 Å². The lowest BCUT2D eigenvalue weighted by molar-refractivity contribution is -0.131. The van der Waals surface area contributed by atoms with Crippen LogP contribution in [0.2, 0.25) is 5.02 Å². The molecule has 222 valence electrons. The molecule has 2 aromatic rings. The molecule has 0 spiro atoms. The highest BCUT2D eigenvalue weighted by atomic mass is 35.5. The molecule has 1 atom stereocenters. The third-order valence-electron chi connectivity index (χ3n) is 7.64. The van der Waals surface area contributed by atoms with Crippen molar-refractivity contribution in [2.45, 2.75) is 32.4 Å². The van der Waals surface area contributed by atoms with Crippen LogP contribution in [-0.2, 0) is 20.8 Å². The first-order valence-electron chi connectivity index (χ1n) is 14.1. The van der Waals surface area contributed by atoms with E-state index < -0.39 is 0 Å². The molecule has 0 saturated carbocycles. The van der Waals surface area contributed by atoms with Gasteiger partial charge in [0, 0.05) is 70.9 Å². The first-order valence-corrected chi connectivity index (χ1v) is 14.5. The third kappa shape index (κ3) is 7.49. The largest absolute Gasteiger partial charge is 0.383 e. The van der Waals surface area contributed by atoms with Crippen molar-refractivity contribution in [3.05, 3.63) is 58.6 Å². The van der Waals surface area contributed by atoms with Crippen LogP contribution in [0.1, 0.15) is 35.7 Å². The number of carbonyl (C=O) groups is 3. The minimum atomic E-state index is -0.374. The highest BCUT2D eigenvalue weighted by molar-refractivity contribution is 6.35. The summed E-state index contributed by atoms with van der Waals surface area (Å²) in [6.45, 7) is 5.87. The van der Waals surface area contributed by atoms with Crippen LogP contribution < -0.4 is 15.1 Å². The van der Waals surface area contributed by atoms with Crippen molar-refractivity contribution in [1.29, 1.82) is 0 Å². The Morgan fingerprint density at radius 2 is 1.71 bits per heavy atom. The number of ether oxygens (including phenoxy) is 2. The molecule has 2 heterocycles. The Morgan fingerprint density at radius 1 is 1.02 bits per heavy atom. The molecule has 2 aromatic carbocycles. The van der Waals surface area contributed by atoms with E-state index in [1.54, 1.807) is 35.0 Å². The Morgan fingerprint density at radius 3 is 2.37 bits per heavy atom. The first-order chi connectivity index (χ1) is 19.8. The fourth-order valence-corrected chi connectivity index (χ4v) is 5.55. The molecule has 1 N–H and O–H groups in total. The van der Waals surface area contributed by atoms with Crippen molar-refractivity contribution in [2.75, 3.05) is 76.5 Å². The van der Waals surface area contributed by atoms with Crippen molar-refractivity contribution < 1.29 is 23.9 Å². The molecule has 4 amide bonds. The van der Waals surface area contributed by atoms with Gasteiger partial charge in [-0.2, -0.15) is 0 Å². The highest BCUT2D eigenvalue weighted by Gasteiger charge is 2.32. The van der Waals surface area contributed by atoms with E-state index in [-0.39, 0.29) is 37.0 Å². The number of para-hydroxylation sites is 1. The fourth-order valence-electron chi connectivity index (χ4n) is 5.30. The van der Waals surface area contributed by atoms with Gasteiger partial charge in [0.05, 0.1) is 30.3 Å². The number of methoxy groups -OCH3 is 2. The Bertz CT molecular complexity index is 1210. The SMILES string of the molecule is COCCN(CCOC)C(=O)CNC(=O)N1Cc2ccccc2N(C(=O)c2ccc(N3CCCC3)cc2Cl)C[C@H]1C. The number of carbonyl (C=O) groups excluding carboxylic acids is 3. The Labute approximate surface area is 247 Å². The number of halogens is 1.